The Bertz CT molecular complexity index is 2600. The highest BCUT2D eigenvalue weighted by atomic mass is 32.1. The van der Waals surface area contributed by atoms with E-state index in [-0.39, 0.29) is 81.5 Å². The molecule has 3 aliphatic rings. The van der Waals surface area contributed by atoms with Gasteiger partial charge in [-0.25, -0.2) is 4.98 Å². The summed E-state index contributed by atoms with van der Waals surface area (Å²) in [6.45, 7) is 10.4. The second-order valence-corrected chi connectivity index (χ2v) is 22.1. The average molecular weight is 1040 g/mol. The molecule has 0 radical (unpaired) electrons. The Morgan fingerprint density at radius 2 is 1.58 bits per heavy atom. The van der Waals surface area contributed by atoms with E-state index in [1.807, 2.05) is 107 Å². The van der Waals surface area contributed by atoms with E-state index < -0.39 is 53.4 Å². The van der Waals surface area contributed by atoms with Gasteiger partial charge in [0.15, 0.2) is 11.6 Å². The number of nitrogens with zero attached hydrogens (tertiary/aromatic N) is 3. The number of aliphatic hydroxyl groups is 1. The Kier molecular flexibility index (Phi) is 19.5. The van der Waals surface area contributed by atoms with Crippen molar-refractivity contribution in [2.75, 3.05) is 37.9 Å². The number of anilines is 1. The lowest BCUT2D eigenvalue weighted by molar-refractivity contribution is -0.144. The van der Waals surface area contributed by atoms with Gasteiger partial charge in [-0.15, -0.1) is 11.3 Å². The molecule has 4 amide bonds. The number of amides is 4. The average Bonchev–Trinajstić information content (AvgIpc) is 4.09. The fraction of sp³-hybridized carbons (Fsp3) is 0.526. The minimum atomic E-state index is -0.947. The van der Waals surface area contributed by atoms with E-state index in [1.54, 1.807) is 16.2 Å². The molecule has 4 heterocycles. The molecule has 16 nitrogen and oxygen atoms in total. The number of ether oxygens (including phenoxy) is 3. The molecule has 6 N–H and O–H groups in total. The lowest BCUT2D eigenvalue weighted by atomic mass is 9.85. The predicted molar refractivity (Wildman–Crippen MR) is 283 cm³/mol. The molecule has 4 aromatic rings. The third kappa shape index (κ3) is 14.6. The standard InChI is InChI=1S/C57H74N6O10S/c1-35-53(74-34-60-35)41-18-15-38(16-19-41)17-23-48(65)46-30-44(64)31-62(46)56(70)54(57(3,4)5)61-51(68)33-72-27-26-71-25-7-8-37-11-13-39(14-12-37)32-73-36(2)42(21-24-50(59)67)29-49(66)47-28-43-10-6-9-40-20-22-45(58)55(69)63(47)52(40)43/h6,9-16,18-19,34,36,42,44-47,54,64H,7-8,17,20-33,58H2,1-5H3,(H2,59,67)(H,61,68)/t36-,42-,44-,45+,46+,47+,54-/m1/s1. The van der Waals surface area contributed by atoms with Gasteiger partial charge in [-0.05, 0) is 97.1 Å². The van der Waals surface area contributed by atoms with Crippen LogP contribution in [0.3, 0.4) is 0 Å². The molecule has 7 atom stereocenters. The molecule has 3 aliphatic heterocycles. The van der Waals surface area contributed by atoms with Crippen LogP contribution in [0.25, 0.3) is 10.4 Å². The molecule has 0 bridgehead atoms. The van der Waals surface area contributed by atoms with Crippen molar-refractivity contribution in [1.29, 1.82) is 0 Å². The quantitative estimate of drug-likeness (QED) is 0.0551. The number of ketones is 2. The molecule has 0 saturated carbocycles. The van der Waals surface area contributed by atoms with Gasteiger partial charge in [-0.2, -0.15) is 0 Å². The van der Waals surface area contributed by atoms with Gasteiger partial charge in [0.1, 0.15) is 12.6 Å². The number of thiazole rings is 1. The lowest BCUT2D eigenvalue weighted by Gasteiger charge is -2.35. The van der Waals surface area contributed by atoms with E-state index in [0.717, 1.165) is 62.5 Å². The second kappa shape index (κ2) is 25.7. The number of primary amides is 1. The third-order valence-corrected chi connectivity index (χ3v) is 15.6. The van der Waals surface area contributed by atoms with Crippen molar-refractivity contribution in [2.24, 2.45) is 22.8 Å². The first kappa shape index (κ1) is 56.0. The van der Waals surface area contributed by atoms with Crippen molar-refractivity contribution in [3.05, 3.63) is 106 Å². The number of aromatic nitrogens is 1. The number of Topliss-reactive ketones (excluding diaryl/α,β-unsaturated/α-hetero) is 2. The summed E-state index contributed by atoms with van der Waals surface area (Å²) in [6, 6.07) is 19.0. The maximum absolute atomic E-state index is 14.0. The summed E-state index contributed by atoms with van der Waals surface area (Å²) >= 11 is 1.58. The van der Waals surface area contributed by atoms with Gasteiger partial charge in [0.25, 0.3) is 0 Å². The van der Waals surface area contributed by atoms with Crippen LogP contribution in [0.2, 0.25) is 0 Å². The minimum absolute atomic E-state index is 0.0158. The predicted octanol–water partition coefficient (Wildman–Crippen LogP) is 5.76. The number of carbonyl (C=O) groups excluding carboxylic acids is 6. The SMILES string of the molecule is Cc1ncsc1-c1ccc(CCC(=O)[C@@H]2C[C@@H](O)CN2C(=O)[C@@H](NC(=O)COCCOCCCc2ccc(CO[C@H](C)[C@H](CCC(N)=O)CC(=O)[C@@H]3Cc4cccc5c4N3C(=O)[C@@H](N)CC5)cc2)C(C)(C)C)cc1. The van der Waals surface area contributed by atoms with E-state index in [1.165, 1.54) is 4.90 Å². The maximum atomic E-state index is 14.0. The van der Waals surface area contributed by atoms with Gasteiger partial charge in [0.05, 0.1) is 71.9 Å². The van der Waals surface area contributed by atoms with Crippen LogP contribution in [0.1, 0.15) is 106 Å². The summed E-state index contributed by atoms with van der Waals surface area (Å²) in [6.07, 6.45) is 3.46. The van der Waals surface area contributed by atoms with Gasteiger partial charge < -0.3 is 41.0 Å². The highest BCUT2D eigenvalue weighted by molar-refractivity contribution is 7.13. The summed E-state index contributed by atoms with van der Waals surface area (Å²) < 4.78 is 17.7. The number of rotatable bonds is 26. The number of carbonyl (C=O) groups is 6. The van der Waals surface area contributed by atoms with Gasteiger partial charge in [0, 0.05) is 45.3 Å². The zero-order valence-electron chi connectivity index (χ0n) is 43.5. The smallest absolute Gasteiger partial charge is 0.246 e. The number of nitrogens with one attached hydrogen (secondary N) is 1. The third-order valence-electron chi connectivity index (χ3n) is 14.6. The molecule has 1 saturated heterocycles. The fourth-order valence-corrected chi connectivity index (χ4v) is 11.1. The summed E-state index contributed by atoms with van der Waals surface area (Å²) in [4.78, 5) is 88.5. The topological polar surface area (TPSA) is 234 Å². The van der Waals surface area contributed by atoms with Crippen LogP contribution < -0.4 is 21.7 Å². The van der Waals surface area contributed by atoms with Crippen molar-refractivity contribution >= 4 is 52.2 Å². The Balaban J connectivity index is 0.791. The second-order valence-electron chi connectivity index (χ2n) is 21.2. The largest absolute Gasteiger partial charge is 0.391 e. The molecule has 7 rings (SSSR count). The lowest BCUT2D eigenvalue weighted by Crippen LogP contribution is -2.57. The highest BCUT2D eigenvalue weighted by Gasteiger charge is 2.45. The van der Waals surface area contributed by atoms with Crippen molar-refractivity contribution in [3.63, 3.8) is 0 Å². The van der Waals surface area contributed by atoms with Crippen molar-refractivity contribution in [3.8, 4) is 10.4 Å². The Hall–Kier alpha value is -5.69. The zero-order valence-corrected chi connectivity index (χ0v) is 44.3. The minimum Gasteiger partial charge on any atom is -0.391 e. The number of hydrogen-bond acceptors (Lipinski definition) is 13. The van der Waals surface area contributed by atoms with Crippen LogP contribution in [0.15, 0.2) is 72.2 Å². The molecule has 0 unspecified atom stereocenters. The number of aliphatic hydroxyl groups excluding tert-OH is 1. The van der Waals surface area contributed by atoms with Crippen LogP contribution in [0, 0.1) is 18.3 Å². The molecule has 0 spiro atoms. The molecule has 17 heteroatoms. The summed E-state index contributed by atoms with van der Waals surface area (Å²) in [5, 5.41) is 13.4. The van der Waals surface area contributed by atoms with E-state index in [0.29, 0.717) is 45.3 Å². The zero-order chi connectivity index (χ0) is 53.1. The molecule has 1 fully saturated rings. The Morgan fingerprint density at radius 3 is 2.28 bits per heavy atom. The monoisotopic (exact) mass is 1030 g/mol. The van der Waals surface area contributed by atoms with Crippen molar-refractivity contribution in [2.45, 2.75) is 148 Å². The van der Waals surface area contributed by atoms with Gasteiger partial charge in [-0.1, -0.05) is 87.5 Å². The number of nitrogens with two attached hydrogens (primary N) is 2. The first-order valence-corrected chi connectivity index (χ1v) is 26.9. The van der Waals surface area contributed by atoms with Crippen LogP contribution in [0.4, 0.5) is 5.69 Å². The summed E-state index contributed by atoms with van der Waals surface area (Å²) in [7, 11) is 0. The molecule has 0 aliphatic carbocycles. The molecule has 3 aromatic carbocycles. The maximum Gasteiger partial charge on any atom is 0.246 e. The number of para-hydroxylation sites is 1. The van der Waals surface area contributed by atoms with E-state index in [9.17, 15) is 33.9 Å². The Labute approximate surface area is 438 Å². The van der Waals surface area contributed by atoms with Gasteiger partial charge in [-0.3, -0.25) is 33.7 Å². The van der Waals surface area contributed by atoms with Crippen molar-refractivity contribution in [1.82, 2.24) is 15.2 Å². The number of β-amino-alcohol motifs (C(OH)–C–C–N with tert-alkyl or cyclic N) is 1. The first-order chi connectivity index (χ1) is 35.4. The van der Waals surface area contributed by atoms with Crippen LogP contribution in [-0.2, 0) is 75.3 Å². The molecule has 398 valence electrons. The van der Waals surface area contributed by atoms with Gasteiger partial charge >= 0.3 is 0 Å². The first-order valence-electron chi connectivity index (χ1n) is 26.0. The van der Waals surface area contributed by atoms with Crippen LogP contribution >= 0.6 is 11.3 Å². The van der Waals surface area contributed by atoms with E-state index in [4.69, 9.17) is 25.7 Å². The van der Waals surface area contributed by atoms with Crippen molar-refractivity contribution < 1.29 is 48.1 Å². The normalized spacial score (nSPS) is 19.7. The number of hydrogen-bond donors (Lipinski definition) is 4. The number of aryl methyl sites for hydroxylation is 4. The van der Waals surface area contributed by atoms with E-state index >= 15 is 0 Å². The highest BCUT2D eigenvalue weighted by Crippen LogP contribution is 2.40. The van der Waals surface area contributed by atoms with Crippen LogP contribution in [-0.4, -0.2) is 120 Å². The molecular formula is C57H74N6O10S. The summed E-state index contributed by atoms with van der Waals surface area (Å²) in [5.41, 5.74) is 20.9. The Morgan fingerprint density at radius 1 is 0.892 bits per heavy atom. The summed E-state index contributed by atoms with van der Waals surface area (Å²) in [5.74, 6) is -2.05. The molecule has 1 aromatic heterocycles. The molecular weight excluding hydrogens is 961 g/mol. The van der Waals surface area contributed by atoms with E-state index in [2.05, 4.69) is 10.3 Å². The van der Waals surface area contributed by atoms with Crippen LogP contribution in [0.5, 0.6) is 0 Å². The molecule has 74 heavy (non-hydrogen) atoms. The number of benzene rings is 3. The van der Waals surface area contributed by atoms with Gasteiger partial charge in [0.2, 0.25) is 23.6 Å². The number of likely N-dealkylation sites (tertiary alicyclic amines) is 1. The fourth-order valence-electron chi connectivity index (χ4n) is 10.3.